The van der Waals surface area contributed by atoms with Gasteiger partial charge in [-0.25, -0.2) is 8.42 Å². The molecule has 8 heteroatoms. The zero-order valence-corrected chi connectivity index (χ0v) is 18.6. The van der Waals surface area contributed by atoms with E-state index in [-0.39, 0.29) is 25.5 Å². The molecule has 0 spiro atoms. The molecule has 2 aliphatic rings. The predicted molar refractivity (Wildman–Crippen MR) is 117 cm³/mol. The first-order chi connectivity index (χ1) is 14.8. The van der Waals surface area contributed by atoms with Gasteiger partial charge in [-0.1, -0.05) is 17.7 Å². The van der Waals surface area contributed by atoms with Crippen LogP contribution >= 0.6 is 11.6 Å². The van der Waals surface area contributed by atoms with E-state index in [0.29, 0.717) is 28.3 Å². The number of halogens is 1. The van der Waals surface area contributed by atoms with E-state index in [0.717, 1.165) is 24.8 Å². The van der Waals surface area contributed by atoms with Crippen molar-refractivity contribution in [3.05, 3.63) is 64.2 Å². The molecule has 0 amide bonds. The predicted octanol–water partition coefficient (Wildman–Crippen LogP) is 3.66. The maximum Gasteiger partial charge on any atom is 0.309 e. The smallest absolute Gasteiger partial charge is 0.309 e. The van der Waals surface area contributed by atoms with Crippen LogP contribution in [0.1, 0.15) is 40.7 Å². The molecule has 1 aliphatic heterocycles. The third-order valence-electron chi connectivity index (χ3n) is 6.01. The molecule has 1 heterocycles. The molecule has 0 bridgehead atoms. The fourth-order valence-corrected chi connectivity index (χ4v) is 5.81. The molecule has 1 saturated heterocycles. The molecule has 0 radical (unpaired) electrons. The molecule has 2 aromatic rings. The first-order valence-electron chi connectivity index (χ1n) is 10.4. The van der Waals surface area contributed by atoms with Crippen LogP contribution in [-0.2, 0) is 32.4 Å². The van der Waals surface area contributed by atoms with Gasteiger partial charge in [0.05, 0.1) is 10.8 Å². The van der Waals surface area contributed by atoms with Gasteiger partial charge >= 0.3 is 5.97 Å². The Morgan fingerprint density at radius 3 is 2.39 bits per heavy atom. The van der Waals surface area contributed by atoms with Gasteiger partial charge in [-0.2, -0.15) is 4.31 Å². The van der Waals surface area contributed by atoms with E-state index in [1.807, 2.05) is 6.07 Å². The highest BCUT2D eigenvalue weighted by atomic mass is 35.5. The van der Waals surface area contributed by atoms with Crippen molar-refractivity contribution >= 4 is 33.4 Å². The number of carbonyl (C=O) groups excluding carboxylic acids is 2. The lowest BCUT2D eigenvalue weighted by molar-refractivity contribution is -0.148. The Balaban J connectivity index is 1.31. The number of esters is 1. The maximum atomic E-state index is 13.0. The summed E-state index contributed by atoms with van der Waals surface area (Å²) in [6, 6.07) is 11.8. The Bertz CT molecular complexity index is 1090. The van der Waals surface area contributed by atoms with E-state index in [1.54, 1.807) is 36.4 Å². The third-order valence-corrected chi connectivity index (χ3v) is 8.15. The van der Waals surface area contributed by atoms with Crippen LogP contribution in [0.25, 0.3) is 0 Å². The van der Waals surface area contributed by atoms with E-state index < -0.39 is 21.9 Å². The zero-order chi connectivity index (χ0) is 22.0. The van der Waals surface area contributed by atoms with Crippen molar-refractivity contribution < 1.29 is 22.7 Å². The zero-order valence-electron chi connectivity index (χ0n) is 17.1. The van der Waals surface area contributed by atoms with Gasteiger partial charge in [0, 0.05) is 23.7 Å². The molecular weight excluding hydrogens is 438 g/mol. The number of aryl methyl sites for hydroxylation is 2. The maximum absolute atomic E-state index is 13.0. The topological polar surface area (TPSA) is 80.8 Å². The van der Waals surface area contributed by atoms with Gasteiger partial charge in [-0.3, -0.25) is 9.59 Å². The lowest BCUT2D eigenvalue weighted by Crippen LogP contribution is -2.40. The molecule has 31 heavy (non-hydrogen) atoms. The van der Waals surface area contributed by atoms with Crippen molar-refractivity contribution in [2.24, 2.45) is 5.92 Å². The SMILES string of the molecule is O=C(COC(=O)C1CCN(S(=O)(=O)c2ccc3c(c2)CCC3)CC1)c1ccc(Cl)cc1. The summed E-state index contributed by atoms with van der Waals surface area (Å²) in [4.78, 5) is 24.9. The molecule has 0 atom stereocenters. The van der Waals surface area contributed by atoms with Crippen LogP contribution in [0.2, 0.25) is 5.02 Å². The highest BCUT2D eigenvalue weighted by Gasteiger charge is 2.33. The summed E-state index contributed by atoms with van der Waals surface area (Å²) >= 11 is 5.81. The number of benzene rings is 2. The molecule has 1 aliphatic carbocycles. The van der Waals surface area contributed by atoms with Gasteiger partial charge in [0.15, 0.2) is 12.4 Å². The summed E-state index contributed by atoms with van der Waals surface area (Å²) in [6.45, 7) is 0.169. The summed E-state index contributed by atoms with van der Waals surface area (Å²) in [7, 11) is -3.58. The van der Waals surface area contributed by atoms with Crippen LogP contribution in [0.5, 0.6) is 0 Å². The Morgan fingerprint density at radius 1 is 1.00 bits per heavy atom. The minimum Gasteiger partial charge on any atom is -0.457 e. The van der Waals surface area contributed by atoms with Crippen molar-refractivity contribution in [1.29, 1.82) is 0 Å². The third kappa shape index (κ3) is 4.84. The van der Waals surface area contributed by atoms with Gasteiger partial charge in [-0.05, 0) is 79.6 Å². The molecule has 0 N–H and O–H groups in total. The Kier molecular flexibility index (Phi) is 6.46. The molecule has 164 valence electrons. The molecule has 1 fully saturated rings. The molecular formula is C23H24ClNO5S. The molecule has 4 rings (SSSR count). The highest BCUT2D eigenvalue weighted by molar-refractivity contribution is 7.89. The summed E-state index contributed by atoms with van der Waals surface area (Å²) in [5.41, 5.74) is 2.77. The van der Waals surface area contributed by atoms with E-state index in [2.05, 4.69) is 0 Å². The number of ether oxygens (including phenoxy) is 1. The number of sulfonamides is 1. The van der Waals surface area contributed by atoms with Crippen LogP contribution < -0.4 is 0 Å². The van der Waals surface area contributed by atoms with Crippen LogP contribution in [-0.4, -0.2) is 44.2 Å². The lowest BCUT2D eigenvalue weighted by Gasteiger charge is -2.30. The Morgan fingerprint density at radius 2 is 1.68 bits per heavy atom. The van der Waals surface area contributed by atoms with Crippen molar-refractivity contribution in [2.45, 2.75) is 37.0 Å². The Hall–Kier alpha value is -2.22. The largest absolute Gasteiger partial charge is 0.457 e. The quantitative estimate of drug-likeness (QED) is 0.484. The number of ketones is 1. The first-order valence-corrected chi connectivity index (χ1v) is 12.2. The van der Waals surface area contributed by atoms with E-state index in [4.69, 9.17) is 16.3 Å². The molecule has 0 saturated carbocycles. The van der Waals surface area contributed by atoms with Crippen LogP contribution in [0.15, 0.2) is 47.4 Å². The van der Waals surface area contributed by atoms with Gasteiger partial charge in [0.25, 0.3) is 0 Å². The van der Waals surface area contributed by atoms with Gasteiger partial charge in [-0.15, -0.1) is 0 Å². The number of nitrogens with zero attached hydrogens (tertiary/aromatic N) is 1. The number of rotatable bonds is 6. The minimum atomic E-state index is -3.58. The number of hydrogen-bond donors (Lipinski definition) is 0. The average Bonchev–Trinajstić information content (AvgIpc) is 3.26. The second kappa shape index (κ2) is 9.10. The fraction of sp³-hybridized carbons (Fsp3) is 0.391. The molecule has 6 nitrogen and oxygen atoms in total. The average molecular weight is 462 g/mol. The first kappa shape index (κ1) is 22.0. The number of piperidine rings is 1. The molecule has 2 aromatic carbocycles. The van der Waals surface area contributed by atoms with Crippen LogP contribution in [0, 0.1) is 5.92 Å². The fourth-order valence-electron chi connectivity index (χ4n) is 4.16. The summed E-state index contributed by atoms with van der Waals surface area (Å²) < 4.78 is 32.7. The van der Waals surface area contributed by atoms with Crippen molar-refractivity contribution in [3.8, 4) is 0 Å². The molecule has 0 unspecified atom stereocenters. The van der Waals surface area contributed by atoms with Gasteiger partial charge in [0.2, 0.25) is 10.0 Å². The van der Waals surface area contributed by atoms with Gasteiger partial charge in [0.1, 0.15) is 0 Å². The summed E-state index contributed by atoms with van der Waals surface area (Å²) in [6.07, 6.45) is 3.73. The van der Waals surface area contributed by atoms with Crippen LogP contribution in [0.4, 0.5) is 0 Å². The molecule has 0 aromatic heterocycles. The van der Waals surface area contributed by atoms with Crippen molar-refractivity contribution in [1.82, 2.24) is 4.31 Å². The normalized spacial score (nSPS) is 17.3. The summed E-state index contributed by atoms with van der Waals surface area (Å²) in [5, 5.41) is 0.523. The summed E-state index contributed by atoms with van der Waals surface area (Å²) in [5.74, 6) is -1.18. The second-order valence-corrected chi connectivity index (χ2v) is 10.4. The van der Waals surface area contributed by atoms with E-state index in [9.17, 15) is 18.0 Å². The van der Waals surface area contributed by atoms with E-state index >= 15 is 0 Å². The van der Waals surface area contributed by atoms with Crippen molar-refractivity contribution in [2.75, 3.05) is 19.7 Å². The van der Waals surface area contributed by atoms with Crippen molar-refractivity contribution in [3.63, 3.8) is 0 Å². The van der Waals surface area contributed by atoms with Crippen LogP contribution in [0.3, 0.4) is 0 Å². The standard InChI is InChI=1S/C23H24ClNO5S/c24-20-7-4-17(5-8-20)22(26)15-30-23(27)18-10-12-25(13-11-18)31(28,29)21-9-6-16-2-1-3-19(16)14-21/h4-9,14,18H,1-3,10-13,15H2. The van der Waals surface area contributed by atoms with E-state index in [1.165, 1.54) is 9.87 Å². The lowest BCUT2D eigenvalue weighted by atomic mass is 9.98. The highest BCUT2D eigenvalue weighted by Crippen LogP contribution is 2.29. The number of carbonyl (C=O) groups is 2. The Labute approximate surface area is 187 Å². The number of fused-ring (bicyclic) bond motifs is 1. The number of Topliss-reactive ketones (excluding diaryl/α,β-unsaturated/α-hetero) is 1. The van der Waals surface area contributed by atoms with Gasteiger partial charge < -0.3 is 4.74 Å². The number of hydrogen-bond acceptors (Lipinski definition) is 5. The monoisotopic (exact) mass is 461 g/mol. The minimum absolute atomic E-state index is 0.254. The second-order valence-electron chi connectivity index (χ2n) is 8.00.